The first-order valence-corrected chi connectivity index (χ1v) is 5.73. The molecule has 3 aliphatic carbocycles. The van der Waals surface area contributed by atoms with Crippen molar-refractivity contribution in [2.45, 2.75) is 32.1 Å². The van der Waals surface area contributed by atoms with Gasteiger partial charge in [0.15, 0.2) is 5.78 Å². The summed E-state index contributed by atoms with van der Waals surface area (Å²) in [5.41, 5.74) is -1.46. The predicted molar refractivity (Wildman–Crippen MR) is 53.5 cm³/mol. The summed E-state index contributed by atoms with van der Waals surface area (Å²) in [6.07, 6.45) is 2.72. The number of esters is 1. The maximum absolute atomic E-state index is 12.1. The van der Waals surface area contributed by atoms with Gasteiger partial charge < -0.3 is 4.74 Å². The van der Waals surface area contributed by atoms with Gasteiger partial charge in [-0.05, 0) is 19.3 Å². The number of rotatable bonds is 1. The normalized spacial score (nSPS) is 38.9. The molecule has 0 aromatic carbocycles. The lowest BCUT2D eigenvalue weighted by Gasteiger charge is -2.36. The molecule has 3 saturated carbocycles. The van der Waals surface area contributed by atoms with Crippen molar-refractivity contribution in [3.8, 4) is 0 Å². The van der Waals surface area contributed by atoms with E-state index in [1.54, 1.807) is 0 Å². The number of ketones is 2. The first kappa shape index (κ1) is 10.00. The topological polar surface area (TPSA) is 60.4 Å². The molecule has 86 valence electrons. The zero-order valence-corrected chi connectivity index (χ0v) is 9.25. The molecule has 0 amide bonds. The highest BCUT2D eigenvalue weighted by atomic mass is 16.5. The summed E-state index contributed by atoms with van der Waals surface area (Å²) in [7, 11) is 1.30. The fourth-order valence-electron chi connectivity index (χ4n) is 3.94. The Morgan fingerprint density at radius 2 is 2.06 bits per heavy atom. The fourth-order valence-corrected chi connectivity index (χ4v) is 3.94. The minimum atomic E-state index is -1.11. The number of Topliss-reactive ketones (excluding diaryl/α,β-unsaturated/α-hetero) is 2. The standard InChI is InChI=1S/C12H14O4/c1-16-10(15)12-6-8(13)7(2-3-9(12)14)11(12)4-5-11/h7H,2-6H2,1H3/t7-,12+/m0/s1. The number of carbonyl (C=O) groups excluding carboxylic acids is 3. The van der Waals surface area contributed by atoms with Crippen LogP contribution < -0.4 is 0 Å². The Morgan fingerprint density at radius 3 is 2.62 bits per heavy atom. The van der Waals surface area contributed by atoms with E-state index in [0.717, 1.165) is 12.8 Å². The lowest BCUT2D eigenvalue weighted by molar-refractivity contribution is -0.164. The summed E-state index contributed by atoms with van der Waals surface area (Å²) < 4.78 is 4.79. The van der Waals surface area contributed by atoms with Crippen molar-refractivity contribution in [1.82, 2.24) is 0 Å². The molecule has 2 bridgehead atoms. The van der Waals surface area contributed by atoms with Crippen molar-refractivity contribution < 1.29 is 19.1 Å². The van der Waals surface area contributed by atoms with Gasteiger partial charge in [0.1, 0.15) is 11.2 Å². The van der Waals surface area contributed by atoms with Crippen LogP contribution in [0.1, 0.15) is 32.1 Å². The van der Waals surface area contributed by atoms with E-state index in [0.29, 0.717) is 12.8 Å². The van der Waals surface area contributed by atoms with Gasteiger partial charge in [-0.15, -0.1) is 0 Å². The summed E-state index contributed by atoms with van der Waals surface area (Å²) in [6.45, 7) is 0. The van der Waals surface area contributed by atoms with E-state index in [9.17, 15) is 14.4 Å². The largest absolute Gasteiger partial charge is 0.468 e. The molecule has 0 heterocycles. The van der Waals surface area contributed by atoms with Crippen LogP contribution in [0.25, 0.3) is 0 Å². The Morgan fingerprint density at radius 1 is 1.38 bits per heavy atom. The van der Waals surface area contributed by atoms with Crippen LogP contribution in [0.4, 0.5) is 0 Å². The van der Waals surface area contributed by atoms with Gasteiger partial charge in [0.05, 0.1) is 7.11 Å². The van der Waals surface area contributed by atoms with Crippen LogP contribution in [0, 0.1) is 16.7 Å². The Kier molecular flexibility index (Phi) is 1.71. The molecule has 16 heavy (non-hydrogen) atoms. The molecule has 3 fully saturated rings. The van der Waals surface area contributed by atoms with Crippen molar-refractivity contribution in [3.05, 3.63) is 0 Å². The van der Waals surface area contributed by atoms with E-state index < -0.39 is 11.4 Å². The third-order valence-electron chi connectivity index (χ3n) is 4.80. The molecule has 0 saturated heterocycles. The number of hydrogen-bond acceptors (Lipinski definition) is 4. The van der Waals surface area contributed by atoms with Crippen LogP contribution in [0.5, 0.6) is 0 Å². The van der Waals surface area contributed by atoms with Crippen molar-refractivity contribution >= 4 is 17.5 Å². The van der Waals surface area contributed by atoms with Crippen molar-refractivity contribution in [2.24, 2.45) is 16.7 Å². The number of carbonyl (C=O) groups is 3. The maximum atomic E-state index is 12.1. The first-order chi connectivity index (χ1) is 7.58. The predicted octanol–water partition coefficient (Wildman–Crippen LogP) is 0.878. The zero-order chi connectivity index (χ0) is 11.6. The average Bonchev–Trinajstić information content (AvgIpc) is 3.00. The Labute approximate surface area is 93.3 Å². The molecule has 0 aliphatic heterocycles. The second-order valence-electron chi connectivity index (χ2n) is 5.21. The van der Waals surface area contributed by atoms with Gasteiger partial charge in [-0.3, -0.25) is 14.4 Å². The lowest BCUT2D eigenvalue weighted by atomic mass is 9.63. The van der Waals surface area contributed by atoms with Gasteiger partial charge in [0.2, 0.25) is 0 Å². The Balaban J connectivity index is 2.16. The van der Waals surface area contributed by atoms with Crippen LogP contribution in [0.15, 0.2) is 0 Å². The summed E-state index contributed by atoms with van der Waals surface area (Å²) in [5, 5.41) is 0. The number of hydrogen-bond donors (Lipinski definition) is 0. The SMILES string of the molecule is COC(=O)[C@@]12CC(=O)[C@H](CCC1=O)C21CC1. The molecule has 1 spiro atoms. The Bertz CT molecular complexity index is 397. The number of ether oxygens (including phenoxy) is 1. The maximum Gasteiger partial charge on any atom is 0.320 e. The second kappa shape index (κ2) is 2.73. The van der Waals surface area contributed by atoms with Crippen LogP contribution in [-0.2, 0) is 19.1 Å². The molecule has 4 nitrogen and oxygen atoms in total. The van der Waals surface area contributed by atoms with Crippen molar-refractivity contribution in [3.63, 3.8) is 0 Å². The third kappa shape index (κ3) is 0.815. The molecular weight excluding hydrogens is 208 g/mol. The van der Waals surface area contributed by atoms with Gasteiger partial charge in [0.25, 0.3) is 0 Å². The minimum Gasteiger partial charge on any atom is -0.468 e. The van der Waals surface area contributed by atoms with Gasteiger partial charge in [-0.25, -0.2) is 0 Å². The van der Waals surface area contributed by atoms with Gasteiger partial charge in [0, 0.05) is 24.2 Å². The molecule has 3 rings (SSSR count). The van der Waals surface area contributed by atoms with Crippen LogP contribution >= 0.6 is 0 Å². The molecule has 0 aromatic rings. The van der Waals surface area contributed by atoms with Crippen LogP contribution in [-0.4, -0.2) is 24.6 Å². The zero-order valence-electron chi connectivity index (χ0n) is 9.25. The van der Waals surface area contributed by atoms with Crippen LogP contribution in [0.3, 0.4) is 0 Å². The highest BCUT2D eigenvalue weighted by molar-refractivity contribution is 6.13. The molecule has 3 aliphatic rings. The highest BCUT2D eigenvalue weighted by Gasteiger charge is 2.77. The molecule has 0 N–H and O–H groups in total. The second-order valence-corrected chi connectivity index (χ2v) is 5.21. The first-order valence-electron chi connectivity index (χ1n) is 5.73. The molecular formula is C12H14O4. The monoisotopic (exact) mass is 222 g/mol. The summed E-state index contributed by atoms with van der Waals surface area (Å²) in [4.78, 5) is 36.0. The van der Waals surface area contributed by atoms with E-state index in [-0.39, 0.29) is 29.3 Å². The molecule has 0 radical (unpaired) electrons. The average molecular weight is 222 g/mol. The summed E-state index contributed by atoms with van der Waals surface area (Å²) in [5.74, 6) is -0.525. The van der Waals surface area contributed by atoms with E-state index in [2.05, 4.69) is 0 Å². The smallest absolute Gasteiger partial charge is 0.320 e. The minimum absolute atomic E-state index is 0.0655. The van der Waals surface area contributed by atoms with Crippen molar-refractivity contribution in [2.75, 3.05) is 7.11 Å². The number of methoxy groups -OCH3 is 1. The fraction of sp³-hybridized carbons (Fsp3) is 0.750. The molecule has 4 heteroatoms. The van der Waals surface area contributed by atoms with E-state index in [1.807, 2.05) is 0 Å². The molecule has 0 aromatic heterocycles. The molecule has 2 atom stereocenters. The van der Waals surface area contributed by atoms with Gasteiger partial charge in [-0.2, -0.15) is 0 Å². The lowest BCUT2D eigenvalue weighted by Crippen LogP contribution is -2.48. The van der Waals surface area contributed by atoms with Gasteiger partial charge in [-0.1, -0.05) is 0 Å². The van der Waals surface area contributed by atoms with Crippen molar-refractivity contribution in [1.29, 1.82) is 0 Å². The quantitative estimate of drug-likeness (QED) is 0.488. The van der Waals surface area contributed by atoms with Gasteiger partial charge >= 0.3 is 5.97 Å². The van der Waals surface area contributed by atoms with E-state index in [4.69, 9.17) is 4.74 Å². The third-order valence-corrected chi connectivity index (χ3v) is 4.80. The summed E-state index contributed by atoms with van der Waals surface area (Å²) in [6, 6.07) is 0. The summed E-state index contributed by atoms with van der Waals surface area (Å²) >= 11 is 0. The van der Waals surface area contributed by atoms with Crippen LogP contribution in [0.2, 0.25) is 0 Å². The highest BCUT2D eigenvalue weighted by Crippen LogP contribution is 2.73. The van der Waals surface area contributed by atoms with E-state index in [1.165, 1.54) is 7.11 Å². The Hall–Kier alpha value is -1.19. The van der Waals surface area contributed by atoms with E-state index >= 15 is 0 Å². The molecule has 0 unspecified atom stereocenters.